The van der Waals surface area contributed by atoms with Crippen LogP contribution in [0.25, 0.3) is 5.65 Å². The van der Waals surface area contributed by atoms with Crippen LogP contribution in [0, 0.1) is 5.92 Å². The number of aromatic nitrogens is 2. The van der Waals surface area contributed by atoms with E-state index in [0.717, 1.165) is 23.9 Å². The average Bonchev–Trinajstić information content (AvgIpc) is 2.63. The third-order valence-corrected chi connectivity index (χ3v) is 3.22. The number of fused-ring (bicyclic) bond motifs is 1. The fourth-order valence-corrected chi connectivity index (χ4v) is 2.04. The maximum Gasteiger partial charge on any atom is 0.138 e. The zero-order valence-corrected chi connectivity index (χ0v) is 8.69. The maximum atomic E-state index is 4.26. The van der Waals surface area contributed by atoms with Crippen molar-refractivity contribution in [3.8, 4) is 0 Å². The molecular formula is C12H15N3. The van der Waals surface area contributed by atoms with Crippen molar-refractivity contribution in [2.75, 3.05) is 11.9 Å². The smallest absolute Gasteiger partial charge is 0.138 e. The molecule has 0 bridgehead atoms. The molecule has 0 saturated heterocycles. The minimum Gasteiger partial charge on any atom is -0.371 e. The summed E-state index contributed by atoms with van der Waals surface area (Å²) in [6.45, 7) is 1.09. The van der Waals surface area contributed by atoms with Crippen molar-refractivity contribution in [2.24, 2.45) is 5.92 Å². The van der Waals surface area contributed by atoms with E-state index in [2.05, 4.69) is 20.8 Å². The zero-order chi connectivity index (χ0) is 10.1. The van der Waals surface area contributed by atoms with Gasteiger partial charge in [0.2, 0.25) is 0 Å². The summed E-state index contributed by atoms with van der Waals surface area (Å²) >= 11 is 0. The number of hydrogen-bond donors (Lipinski definition) is 1. The summed E-state index contributed by atoms with van der Waals surface area (Å²) in [4.78, 5) is 4.26. The van der Waals surface area contributed by atoms with E-state index >= 15 is 0 Å². The first-order valence-corrected chi connectivity index (χ1v) is 5.59. The molecule has 0 spiro atoms. The predicted molar refractivity (Wildman–Crippen MR) is 61.0 cm³/mol. The van der Waals surface area contributed by atoms with Crippen molar-refractivity contribution in [2.45, 2.75) is 19.3 Å². The largest absolute Gasteiger partial charge is 0.371 e. The molecular weight excluding hydrogens is 186 g/mol. The normalized spacial score (nSPS) is 16.5. The number of nitrogens with one attached hydrogen (secondary N) is 1. The quantitative estimate of drug-likeness (QED) is 0.827. The van der Waals surface area contributed by atoms with E-state index in [9.17, 15) is 0 Å². The zero-order valence-electron chi connectivity index (χ0n) is 8.69. The van der Waals surface area contributed by atoms with Gasteiger partial charge in [0, 0.05) is 18.9 Å². The van der Waals surface area contributed by atoms with Crippen LogP contribution >= 0.6 is 0 Å². The van der Waals surface area contributed by atoms with Gasteiger partial charge >= 0.3 is 0 Å². The van der Waals surface area contributed by atoms with Crippen LogP contribution < -0.4 is 5.32 Å². The Morgan fingerprint density at radius 3 is 3.13 bits per heavy atom. The minimum atomic E-state index is 0.878. The molecule has 0 radical (unpaired) electrons. The van der Waals surface area contributed by atoms with Crippen molar-refractivity contribution in [3.05, 3.63) is 30.6 Å². The fraction of sp³-hybridized carbons (Fsp3) is 0.417. The molecule has 0 aromatic carbocycles. The van der Waals surface area contributed by atoms with Gasteiger partial charge in [-0.05, 0) is 30.9 Å². The Labute approximate surface area is 89.1 Å². The van der Waals surface area contributed by atoms with E-state index in [1.54, 1.807) is 0 Å². The van der Waals surface area contributed by atoms with Crippen LogP contribution in [0.4, 0.5) is 5.82 Å². The van der Waals surface area contributed by atoms with Crippen molar-refractivity contribution < 1.29 is 0 Å². The molecule has 3 nitrogen and oxygen atoms in total. The second kappa shape index (κ2) is 3.57. The number of pyridine rings is 1. The Balaban J connectivity index is 1.80. The SMILES string of the molecule is c1cc(NCC2CCC2)n2ccnc2c1. The molecule has 1 aliphatic carbocycles. The first-order valence-electron chi connectivity index (χ1n) is 5.59. The molecule has 1 N–H and O–H groups in total. The third kappa shape index (κ3) is 1.58. The van der Waals surface area contributed by atoms with Gasteiger partial charge in [-0.1, -0.05) is 12.5 Å². The highest BCUT2D eigenvalue weighted by molar-refractivity contribution is 5.49. The van der Waals surface area contributed by atoms with Gasteiger partial charge in [0.15, 0.2) is 0 Å². The standard InChI is InChI=1S/C12H15N3/c1-3-10(4-1)9-14-12-6-2-5-11-13-7-8-15(11)12/h2,5-8,10,14H,1,3-4,9H2. The van der Waals surface area contributed by atoms with Gasteiger partial charge in [0.25, 0.3) is 0 Å². The van der Waals surface area contributed by atoms with Gasteiger partial charge in [-0.25, -0.2) is 4.98 Å². The number of anilines is 1. The Morgan fingerprint density at radius 2 is 2.33 bits per heavy atom. The third-order valence-electron chi connectivity index (χ3n) is 3.22. The number of hydrogen-bond acceptors (Lipinski definition) is 2. The van der Waals surface area contributed by atoms with Crippen LogP contribution in [0.5, 0.6) is 0 Å². The van der Waals surface area contributed by atoms with Gasteiger partial charge in [0.1, 0.15) is 11.5 Å². The monoisotopic (exact) mass is 201 g/mol. The highest BCUT2D eigenvalue weighted by Crippen LogP contribution is 2.26. The molecule has 2 aromatic rings. The molecule has 3 heteroatoms. The second-order valence-electron chi connectivity index (χ2n) is 4.24. The number of rotatable bonds is 3. The highest BCUT2D eigenvalue weighted by Gasteiger charge is 2.16. The summed E-state index contributed by atoms with van der Waals surface area (Å²) < 4.78 is 2.10. The van der Waals surface area contributed by atoms with Crippen LogP contribution in [-0.2, 0) is 0 Å². The molecule has 0 amide bonds. The molecule has 3 rings (SSSR count). The lowest BCUT2D eigenvalue weighted by atomic mass is 9.85. The molecule has 1 saturated carbocycles. The summed E-state index contributed by atoms with van der Waals surface area (Å²) in [6, 6.07) is 6.17. The van der Waals surface area contributed by atoms with Crippen LogP contribution in [0.2, 0.25) is 0 Å². The lowest BCUT2D eigenvalue weighted by molar-refractivity contribution is 0.333. The highest BCUT2D eigenvalue weighted by atomic mass is 15.1. The number of imidazole rings is 1. The van der Waals surface area contributed by atoms with Gasteiger partial charge in [-0.3, -0.25) is 4.40 Å². The average molecular weight is 201 g/mol. The van der Waals surface area contributed by atoms with Crippen molar-refractivity contribution in [1.29, 1.82) is 0 Å². The van der Waals surface area contributed by atoms with E-state index in [1.165, 1.54) is 19.3 Å². The van der Waals surface area contributed by atoms with Gasteiger partial charge < -0.3 is 5.32 Å². The Morgan fingerprint density at radius 1 is 1.40 bits per heavy atom. The first-order chi connectivity index (χ1) is 7.43. The van der Waals surface area contributed by atoms with E-state index in [1.807, 2.05) is 24.5 Å². The fourth-order valence-electron chi connectivity index (χ4n) is 2.04. The van der Waals surface area contributed by atoms with Crippen molar-refractivity contribution in [1.82, 2.24) is 9.38 Å². The van der Waals surface area contributed by atoms with E-state index < -0.39 is 0 Å². The molecule has 2 heterocycles. The topological polar surface area (TPSA) is 29.3 Å². The first kappa shape index (κ1) is 8.77. The van der Waals surface area contributed by atoms with Gasteiger partial charge in [-0.2, -0.15) is 0 Å². The summed E-state index contributed by atoms with van der Waals surface area (Å²) in [6.07, 6.45) is 8.00. The van der Waals surface area contributed by atoms with Crippen molar-refractivity contribution >= 4 is 11.5 Å². The molecule has 78 valence electrons. The Hall–Kier alpha value is -1.51. The number of nitrogens with zero attached hydrogens (tertiary/aromatic N) is 2. The lowest BCUT2D eigenvalue weighted by Crippen LogP contribution is -2.21. The molecule has 1 fully saturated rings. The van der Waals surface area contributed by atoms with Crippen LogP contribution in [0.3, 0.4) is 0 Å². The summed E-state index contributed by atoms with van der Waals surface area (Å²) in [7, 11) is 0. The van der Waals surface area contributed by atoms with Crippen molar-refractivity contribution in [3.63, 3.8) is 0 Å². The summed E-state index contributed by atoms with van der Waals surface area (Å²) in [5.41, 5.74) is 1.01. The predicted octanol–water partition coefficient (Wildman–Crippen LogP) is 2.55. The molecule has 15 heavy (non-hydrogen) atoms. The maximum absolute atomic E-state index is 4.26. The Kier molecular flexibility index (Phi) is 2.09. The second-order valence-corrected chi connectivity index (χ2v) is 4.24. The molecule has 0 aliphatic heterocycles. The van der Waals surface area contributed by atoms with E-state index in [0.29, 0.717) is 0 Å². The van der Waals surface area contributed by atoms with E-state index in [-0.39, 0.29) is 0 Å². The Bertz CT molecular complexity index is 457. The molecule has 1 aliphatic rings. The van der Waals surface area contributed by atoms with Crippen LogP contribution in [0.15, 0.2) is 30.6 Å². The van der Waals surface area contributed by atoms with Gasteiger partial charge in [0.05, 0.1) is 0 Å². The molecule has 0 atom stereocenters. The molecule has 2 aromatic heterocycles. The van der Waals surface area contributed by atoms with Gasteiger partial charge in [-0.15, -0.1) is 0 Å². The lowest BCUT2D eigenvalue weighted by Gasteiger charge is -2.26. The van der Waals surface area contributed by atoms with Crippen LogP contribution in [0.1, 0.15) is 19.3 Å². The summed E-state index contributed by atoms with van der Waals surface area (Å²) in [5, 5.41) is 3.50. The summed E-state index contributed by atoms with van der Waals surface area (Å²) in [5.74, 6) is 2.03. The van der Waals surface area contributed by atoms with Crippen LogP contribution in [-0.4, -0.2) is 15.9 Å². The molecule has 0 unspecified atom stereocenters. The minimum absolute atomic E-state index is 0.878. The van der Waals surface area contributed by atoms with E-state index in [4.69, 9.17) is 0 Å².